The molecule has 1 amide bonds. The van der Waals surface area contributed by atoms with Gasteiger partial charge in [-0.15, -0.1) is 0 Å². The largest absolute Gasteiger partial charge is 0.494 e. The second-order valence-corrected chi connectivity index (χ2v) is 8.37. The molecule has 2 aromatic carbocycles. The molecule has 0 saturated carbocycles. The number of nitrogens with two attached hydrogens (primary N) is 1. The van der Waals surface area contributed by atoms with Crippen LogP contribution >= 0.6 is 15.9 Å². The van der Waals surface area contributed by atoms with E-state index in [-0.39, 0.29) is 11.4 Å². The van der Waals surface area contributed by atoms with Crippen molar-refractivity contribution >= 4 is 31.9 Å². The lowest BCUT2D eigenvalue weighted by atomic mass is 9.99. The third kappa shape index (κ3) is 5.82. The normalized spacial score (nSPS) is 12.5. The van der Waals surface area contributed by atoms with Crippen LogP contribution in [-0.2, 0) is 21.2 Å². The monoisotopic (exact) mass is 440 g/mol. The number of ether oxygens (including phenoxy) is 1. The number of carbonyl (C=O) groups is 1. The third-order valence-electron chi connectivity index (χ3n) is 3.74. The summed E-state index contributed by atoms with van der Waals surface area (Å²) in [7, 11) is -3.73. The molecule has 1 atom stereocenters. The fourth-order valence-electron chi connectivity index (χ4n) is 2.37. The first-order valence-electron chi connectivity index (χ1n) is 8.08. The van der Waals surface area contributed by atoms with E-state index in [2.05, 4.69) is 20.7 Å². The number of primary amides is 1. The minimum atomic E-state index is -3.73. The highest BCUT2D eigenvalue weighted by atomic mass is 79.9. The van der Waals surface area contributed by atoms with Gasteiger partial charge in [-0.2, -0.15) is 0 Å². The van der Waals surface area contributed by atoms with E-state index in [1.54, 1.807) is 12.1 Å². The number of hydrogen-bond acceptors (Lipinski definition) is 4. The molecule has 2 aromatic rings. The summed E-state index contributed by atoms with van der Waals surface area (Å²) in [6, 6.07) is 13.6. The maximum atomic E-state index is 12.4. The quantitative estimate of drug-likeness (QED) is 0.625. The van der Waals surface area contributed by atoms with Gasteiger partial charge in [0.15, 0.2) is 0 Å². The van der Waals surface area contributed by atoms with Gasteiger partial charge in [-0.05, 0) is 49.2 Å². The standard InChI is InChI=1S/C18H21BrN2O4S/c1-2-25-16-8-6-13(7-9-16)10-14(18(20)22)12-21-26(23,24)17-5-3-4-15(19)11-17/h3-9,11,14,21H,2,10,12H2,1H3,(H2,20,22). The van der Waals surface area contributed by atoms with Gasteiger partial charge in [0.25, 0.3) is 0 Å². The summed E-state index contributed by atoms with van der Waals surface area (Å²) >= 11 is 3.24. The van der Waals surface area contributed by atoms with Gasteiger partial charge in [-0.3, -0.25) is 4.79 Å². The zero-order valence-electron chi connectivity index (χ0n) is 14.3. The Hall–Kier alpha value is -1.90. The second kappa shape index (κ2) is 9.16. The third-order valence-corrected chi connectivity index (χ3v) is 5.66. The maximum absolute atomic E-state index is 12.4. The summed E-state index contributed by atoms with van der Waals surface area (Å²) in [5.41, 5.74) is 6.32. The molecular formula is C18H21BrN2O4S. The van der Waals surface area contributed by atoms with Crippen LogP contribution in [-0.4, -0.2) is 27.5 Å². The predicted octanol–water partition coefficient (Wildman–Crippen LogP) is 2.47. The molecule has 3 N–H and O–H groups in total. The molecular weight excluding hydrogens is 420 g/mol. The average Bonchev–Trinajstić information content (AvgIpc) is 2.60. The van der Waals surface area contributed by atoms with Gasteiger partial charge in [-0.1, -0.05) is 34.1 Å². The van der Waals surface area contributed by atoms with E-state index >= 15 is 0 Å². The molecule has 0 aliphatic rings. The zero-order valence-corrected chi connectivity index (χ0v) is 16.7. The molecule has 0 aliphatic carbocycles. The summed E-state index contributed by atoms with van der Waals surface area (Å²) in [6.45, 7) is 2.40. The minimum Gasteiger partial charge on any atom is -0.494 e. The molecule has 0 bridgehead atoms. The van der Waals surface area contributed by atoms with E-state index in [1.807, 2.05) is 31.2 Å². The van der Waals surface area contributed by atoms with Crippen molar-refractivity contribution in [3.8, 4) is 5.75 Å². The minimum absolute atomic E-state index is 0.0720. The summed E-state index contributed by atoms with van der Waals surface area (Å²) in [5, 5.41) is 0. The summed E-state index contributed by atoms with van der Waals surface area (Å²) in [5.74, 6) is -0.479. The van der Waals surface area contributed by atoms with Crippen LogP contribution in [0.15, 0.2) is 57.9 Å². The molecule has 6 nitrogen and oxygen atoms in total. The summed E-state index contributed by atoms with van der Waals surface area (Å²) in [6.07, 6.45) is 0.336. The first-order chi connectivity index (χ1) is 12.3. The number of amides is 1. The van der Waals surface area contributed by atoms with Crippen molar-refractivity contribution in [2.75, 3.05) is 13.2 Å². The lowest BCUT2D eigenvalue weighted by Gasteiger charge is -2.15. The van der Waals surface area contributed by atoms with Gasteiger partial charge in [0, 0.05) is 11.0 Å². The van der Waals surface area contributed by atoms with Crippen molar-refractivity contribution < 1.29 is 17.9 Å². The Bertz CT molecular complexity index is 854. The fraction of sp³-hybridized carbons (Fsp3) is 0.278. The van der Waals surface area contributed by atoms with Crippen LogP contribution in [0.1, 0.15) is 12.5 Å². The van der Waals surface area contributed by atoms with Crippen LogP contribution in [0.3, 0.4) is 0 Å². The van der Waals surface area contributed by atoms with Crippen LogP contribution in [0.2, 0.25) is 0 Å². The number of nitrogens with one attached hydrogen (secondary N) is 1. The summed E-state index contributed by atoms with van der Waals surface area (Å²) in [4.78, 5) is 11.9. The lowest BCUT2D eigenvalue weighted by molar-refractivity contribution is -0.121. The van der Waals surface area contributed by atoms with Crippen molar-refractivity contribution in [2.24, 2.45) is 11.7 Å². The molecule has 1 unspecified atom stereocenters. The lowest BCUT2D eigenvalue weighted by Crippen LogP contribution is -2.37. The molecule has 0 radical (unpaired) electrons. The SMILES string of the molecule is CCOc1ccc(CC(CNS(=O)(=O)c2cccc(Br)c2)C(N)=O)cc1. The van der Waals surface area contributed by atoms with E-state index in [4.69, 9.17) is 10.5 Å². The van der Waals surface area contributed by atoms with Gasteiger partial charge in [0.2, 0.25) is 15.9 Å². The van der Waals surface area contributed by atoms with E-state index in [9.17, 15) is 13.2 Å². The number of halogens is 1. The van der Waals surface area contributed by atoms with Gasteiger partial charge < -0.3 is 10.5 Å². The molecule has 0 aromatic heterocycles. The number of carbonyl (C=O) groups excluding carboxylic acids is 1. The first-order valence-corrected chi connectivity index (χ1v) is 10.4. The van der Waals surface area contributed by atoms with Gasteiger partial charge >= 0.3 is 0 Å². The fourth-order valence-corrected chi connectivity index (χ4v) is 4.05. The van der Waals surface area contributed by atoms with E-state index in [1.165, 1.54) is 12.1 Å². The van der Waals surface area contributed by atoms with Gasteiger partial charge in [0.05, 0.1) is 17.4 Å². The molecule has 8 heteroatoms. The van der Waals surface area contributed by atoms with Crippen LogP contribution in [0, 0.1) is 5.92 Å². The summed E-state index contributed by atoms with van der Waals surface area (Å²) < 4.78 is 33.3. The highest BCUT2D eigenvalue weighted by Gasteiger charge is 2.21. The molecule has 2 rings (SSSR count). The van der Waals surface area contributed by atoms with Crippen LogP contribution in [0.25, 0.3) is 0 Å². The van der Waals surface area contributed by atoms with Gasteiger partial charge in [-0.25, -0.2) is 13.1 Å². The van der Waals surface area contributed by atoms with Crippen molar-refractivity contribution in [1.82, 2.24) is 4.72 Å². The smallest absolute Gasteiger partial charge is 0.240 e. The molecule has 0 aliphatic heterocycles. The molecule has 0 spiro atoms. The Balaban J connectivity index is 2.05. The maximum Gasteiger partial charge on any atom is 0.240 e. The van der Waals surface area contributed by atoms with E-state index in [0.29, 0.717) is 17.5 Å². The van der Waals surface area contributed by atoms with Crippen molar-refractivity contribution in [1.29, 1.82) is 0 Å². The number of rotatable bonds is 9. The first kappa shape index (κ1) is 20.4. The molecule has 0 saturated heterocycles. The number of sulfonamides is 1. The van der Waals surface area contributed by atoms with Crippen LogP contribution in [0.5, 0.6) is 5.75 Å². The zero-order chi connectivity index (χ0) is 19.2. The highest BCUT2D eigenvalue weighted by Crippen LogP contribution is 2.18. The number of benzene rings is 2. The van der Waals surface area contributed by atoms with E-state index in [0.717, 1.165) is 11.3 Å². The Kier molecular flexibility index (Phi) is 7.19. The average molecular weight is 441 g/mol. The highest BCUT2D eigenvalue weighted by molar-refractivity contribution is 9.10. The Morgan fingerprint density at radius 2 is 1.92 bits per heavy atom. The molecule has 140 valence electrons. The predicted molar refractivity (Wildman–Crippen MR) is 103 cm³/mol. The Morgan fingerprint density at radius 1 is 1.23 bits per heavy atom. The second-order valence-electron chi connectivity index (χ2n) is 5.69. The Morgan fingerprint density at radius 3 is 2.50 bits per heavy atom. The molecule has 0 heterocycles. The van der Waals surface area contributed by atoms with Crippen LogP contribution in [0.4, 0.5) is 0 Å². The molecule has 26 heavy (non-hydrogen) atoms. The van der Waals surface area contributed by atoms with Crippen molar-refractivity contribution in [2.45, 2.75) is 18.2 Å². The van der Waals surface area contributed by atoms with E-state index < -0.39 is 21.8 Å². The Labute approximate surface area is 161 Å². The molecule has 0 fully saturated rings. The topological polar surface area (TPSA) is 98.5 Å². The van der Waals surface area contributed by atoms with Crippen molar-refractivity contribution in [3.63, 3.8) is 0 Å². The van der Waals surface area contributed by atoms with Crippen LogP contribution < -0.4 is 15.2 Å². The van der Waals surface area contributed by atoms with Gasteiger partial charge in [0.1, 0.15) is 5.75 Å². The number of hydrogen-bond donors (Lipinski definition) is 2. The van der Waals surface area contributed by atoms with Crippen molar-refractivity contribution in [3.05, 3.63) is 58.6 Å².